The van der Waals surface area contributed by atoms with E-state index in [1.165, 1.54) is 7.11 Å². The highest BCUT2D eigenvalue weighted by atomic mass is 16.5. The molecule has 7 heteroatoms. The van der Waals surface area contributed by atoms with Gasteiger partial charge >= 0.3 is 5.97 Å². The summed E-state index contributed by atoms with van der Waals surface area (Å²) in [6.45, 7) is 3.51. The average Bonchev–Trinajstić information content (AvgIpc) is 2.90. The lowest BCUT2D eigenvalue weighted by Gasteiger charge is -2.29. The minimum atomic E-state index is -1.01. The molecule has 1 aliphatic rings. The van der Waals surface area contributed by atoms with Crippen molar-refractivity contribution < 1.29 is 24.2 Å². The molecule has 0 aromatic heterocycles. The van der Waals surface area contributed by atoms with Crippen molar-refractivity contribution in [3.63, 3.8) is 0 Å². The van der Waals surface area contributed by atoms with Crippen LogP contribution in [-0.4, -0.2) is 48.2 Å². The van der Waals surface area contributed by atoms with E-state index in [2.05, 4.69) is 10.6 Å². The number of methoxy groups -OCH3 is 1. The molecule has 2 atom stereocenters. The molecule has 1 fully saturated rings. The van der Waals surface area contributed by atoms with Crippen molar-refractivity contribution in [1.29, 1.82) is 0 Å². The molecule has 132 valence electrons. The molecular formula is C16H28N2O5. The van der Waals surface area contributed by atoms with Crippen LogP contribution in [0.1, 0.15) is 52.4 Å². The lowest BCUT2D eigenvalue weighted by atomic mass is 9.98. The molecule has 1 rings (SSSR count). The molecular weight excluding hydrogens is 300 g/mol. The molecule has 3 N–H and O–H groups in total. The number of amides is 2. The van der Waals surface area contributed by atoms with E-state index in [-0.39, 0.29) is 43.2 Å². The Kier molecular flexibility index (Phi) is 7.48. The van der Waals surface area contributed by atoms with Crippen LogP contribution in [0.5, 0.6) is 0 Å². The van der Waals surface area contributed by atoms with Gasteiger partial charge in [0.1, 0.15) is 0 Å². The van der Waals surface area contributed by atoms with Crippen LogP contribution in [0.25, 0.3) is 0 Å². The Labute approximate surface area is 137 Å². The van der Waals surface area contributed by atoms with E-state index in [1.54, 1.807) is 13.8 Å². The van der Waals surface area contributed by atoms with Gasteiger partial charge in [-0.25, -0.2) is 0 Å². The highest BCUT2D eigenvalue weighted by Gasteiger charge is 2.30. The van der Waals surface area contributed by atoms with Crippen molar-refractivity contribution in [2.24, 2.45) is 5.92 Å². The fourth-order valence-electron chi connectivity index (χ4n) is 3.05. The maximum absolute atomic E-state index is 12.1. The van der Waals surface area contributed by atoms with Gasteiger partial charge in [0.2, 0.25) is 11.8 Å². The summed E-state index contributed by atoms with van der Waals surface area (Å²) in [5.74, 6) is -1.24. The van der Waals surface area contributed by atoms with Gasteiger partial charge in [0.15, 0.2) is 0 Å². The monoisotopic (exact) mass is 328 g/mol. The van der Waals surface area contributed by atoms with Gasteiger partial charge in [-0.2, -0.15) is 0 Å². The molecule has 0 radical (unpaired) electrons. The number of nitrogens with one attached hydrogen (secondary N) is 2. The molecule has 0 heterocycles. The smallest absolute Gasteiger partial charge is 0.305 e. The van der Waals surface area contributed by atoms with E-state index in [0.717, 1.165) is 25.7 Å². The molecule has 0 aromatic carbocycles. The second-order valence-corrected chi connectivity index (χ2v) is 6.71. The van der Waals surface area contributed by atoms with Crippen LogP contribution < -0.4 is 10.6 Å². The summed E-state index contributed by atoms with van der Waals surface area (Å²) in [5.41, 5.74) is -0.965. The van der Waals surface area contributed by atoms with Crippen LogP contribution in [0.15, 0.2) is 0 Å². The standard InChI is InChI=1S/C16H28N2O5/c1-11(17-15(22)12-6-4-5-7-12)8-13(19)18-16(2,10-23-3)9-14(20)21/h11-12H,4-10H2,1-3H3,(H,17,22)(H,18,19)(H,20,21). The van der Waals surface area contributed by atoms with Gasteiger partial charge in [-0.3, -0.25) is 14.4 Å². The summed E-state index contributed by atoms with van der Waals surface area (Å²) < 4.78 is 5.00. The van der Waals surface area contributed by atoms with Crippen LogP contribution in [0, 0.1) is 5.92 Å². The quantitative estimate of drug-likeness (QED) is 0.587. The summed E-state index contributed by atoms with van der Waals surface area (Å²) in [5, 5.41) is 14.5. The van der Waals surface area contributed by atoms with Crippen LogP contribution in [0.4, 0.5) is 0 Å². The third-order valence-electron chi connectivity index (χ3n) is 4.05. The number of hydrogen-bond acceptors (Lipinski definition) is 4. The Balaban J connectivity index is 2.46. The van der Waals surface area contributed by atoms with Gasteiger partial charge in [-0.05, 0) is 26.7 Å². The molecule has 23 heavy (non-hydrogen) atoms. The number of ether oxygens (including phenoxy) is 1. The lowest BCUT2D eigenvalue weighted by molar-refractivity contribution is -0.139. The lowest BCUT2D eigenvalue weighted by Crippen LogP contribution is -2.52. The molecule has 1 saturated carbocycles. The maximum Gasteiger partial charge on any atom is 0.305 e. The van der Waals surface area contributed by atoms with E-state index >= 15 is 0 Å². The van der Waals surface area contributed by atoms with Crippen molar-refractivity contribution in [2.75, 3.05) is 13.7 Å². The second kappa shape index (κ2) is 8.86. The fourth-order valence-corrected chi connectivity index (χ4v) is 3.05. The highest BCUT2D eigenvalue weighted by Crippen LogP contribution is 2.24. The minimum Gasteiger partial charge on any atom is -0.481 e. The molecule has 0 aliphatic heterocycles. The molecule has 2 amide bonds. The molecule has 7 nitrogen and oxygen atoms in total. The summed E-state index contributed by atoms with van der Waals surface area (Å²) in [6, 6.07) is -0.292. The number of hydrogen-bond donors (Lipinski definition) is 3. The Hall–Kier alpha value is -1.63. The Morgan fingerprint density at radius 3 is 2.43 bits per heavy atom. The predicted molar refractivity (Wildman–Crippen MR) is 84.9 cm³/mol. The summed E-state index contributed by atoms with van der Waals surface area (Å²) in [4.78, 5) is 35.1. The van der Waals surface area contributed by atoms with Gasteiger partial charge < -0.3 is 20.5 Å². The molecule has 0 bridgehead atoms. The van der Waals surface area contributed by atoms with Gasteiger partial charge in [0.05, 0.1) is 18.6 Å². The molecule has 0 saturated heterocycles. The Morgan fingerprint density at radius 2 is 1.91 bits per heavy atom. The average molecular weight is 328 g/mol. The van der Waals surface area contributed by atoms with E-state index in [0.29, 0.717) is 0 Å². The van der Waals surface area contributed by atoms with Crippen LogP contribution in [0.3, 0.4) is 0 Å². The third-order valence-corrected chi connectivity index (χ3v) is 4.05. The predicted octanol–water partition coefficient (Wildman–Crippen LogP) is 1.07. The van der Waals surface area contributed by atoms with E-state index in [9.17, 15) is 14.4 Å². The molecule has 0 aromatic rings. The normalized spacial score (nSPS) is 18.9. The summed E-state index contributed by atoms with van der Waals surface area (Å²) >= 11 is 0. The molecule has 2 unspecified atom stereocenters. The van der Waals surface area contributed by atoms with Crippen molar-refractivity contribution in [3.05, 3.63) is 0 Å². The number of aliphatic carboxylic acids is 1. The van der Waals surface area contributed by atoms with E-state index in [4.69, 9.17) is 9.84 Å². The van der Waals surface area contributed by atoms with Crippen molar-refractivity contribution >= 4 is 17.8 Å². The molecule has 0 spiro atoms. The minimum absolute atomic E-state index is 0.00740. The van der Waals surface area contributed by atoms with Gasteiger partial charge in [0.25, 0.3) is 0 Å². The van der Waals surface area contributed by atoms with Crippen molar-refractivity contribution in [2.45, 2.75) is 64.0 Å². The van der Waals surface area contributed by atoms with Gasteiger partial charge in [0, 0.05) is 25.5 Å². The van der Waals surface area contributed by atoms with E-state index in [1.807, 2.05) is 0 Å². The third kappa shape index (κ3) is 6.99. The van der Waals surface area contributed by atoms with E-state index < -0.39 is 11.5 Å². The number of carbonyl (C=O) groups is 3. The van der Waals surface area contributed by atoms with Crippen LogP contribution in [0.2, 0.25) is 0 Å². The fraction of sp³-hybridized carbons (Fsp3) is 0.812. The number of carboxylic acids is 1. The van der Waals surface area contributed by atoms with Crippen LogP contribution in [-0.2, 0) is 19.1 Å². The zero-order chi connectivity index (χ0) is 17.5. The second-order valence-electron chi connectivity index (χ2n) is 6.71. The van der Waals surface area contributed by atoms with Crippen molar-refractivity contribution in [1.82, 2.24) is 10.6 Å². The zero-order valence-electron chi connectivity index (χ0n) is 14.2. The Bertz CT molecular complexity index is 434. The molecule has 1 aliphatic carbocycles. The first kappa shape index (κ1) is 19.4. The van der Waals surface area contributed by atoms with Gasteiger partial charge in [-0.1, -0.05) is 12.8 Å². The number of carbonyl (C=O) groups excluding carboxylic acids is 2. The summed E-state index contributed by atoms with van der Waals surface area (Å²) in [7, 11) is 1.46. The highest BCUT2D eigenvalue weighted by molar-refractivity contribution is 5.82. The van der Waals surface area contributed by atoms with Crippen LogP contribution >= 0.6 is 0 Å². The zero-order valence-corrected chi connectivity index (χ0v) is 14.2. The largest absolute Gasteiger partial charge is 0.481 e. The number of carboxylic acid groups (broad SMARTS) is 1. The van der Waals surface area contributed by atoms with Crippen molar-refractivity contribution in [3.8, 4) is 0 Å². The first-order valence-electron chi connectivity index (χ1n) is 8.08. The summed E-state index contributed by atoms with van der Waals surface area (Å²) in [6.07, 6.45) is 3.87. The van der Waals surface area contributed by atoms with Gasteiger partial charge in [-0.15, -0.1) is 0 Å². The topological polar surface area (TPSA) is 105 Å². The SMILES string of the molecule is COCC(C)(CC(=O)O)NC(=O)CC(C)NC(=O)C1CCCC1. The Morgan fingerprint density at radius 1 is 1.30 bits per heavy atom. The first-order chi connectivity index (χ1) is 10.8. The maximum atomic E-state index is 12.1. The number of rotatable bonds is 9. The first-order valence-corrected chi connectivity index (χ1v) is 8.08.